The number of nitrogens with one attached hydrogen (secondary N) is 2. The number of aromatic nitrogens is 2. The number of benzene rings is 1. The zero-order chi connectivity index (χ0) is 20.5. The molecular formula is C21H22F3N3O2. The summed E-state index contributed by atoms with van der Waals surface area (Å²) in [6, 6.07) is 7.69. The lowest BCUT2D eigenvalue weighted by atomic mass is 9.82. The Kier molecular flexibility index (Phi) is 5.12. The molecule has 0 atom stereocenters. The normalized spacial score (nSPS) is 16.7. The number of nitrogens with zero attached hydrogens (tertiary/aromatic N) is 1. The first kappa shape index (κ1) is 19.6. The average molecular weight is 405 g/mol. The van der Waals surface area contributed by atoms with Gasteiger partial charge in [-0.25, -0.2) is 4.98 Å². The third-order valence-corrected chi connectivity index (χ3v) is 5.30. The Labute approximate surface area is 166 Å². The van der Waals surface area contributed by atoms with Gasteiger partial charge in [0.25, 0.3) is 0 Å². The highest BCUT2D eigenvalue weighted by atomic mass is 19.4. The van der Waals surface area contributed by atoms with Crippen LogP contribution in [0.25, 0.3) is 22.2 Å². The van der Waals surface area contributed by atoms with Crippen molar-refractivity contribution in [1.29, 1.82) is 0 Å². The summed E-state index contributed by atoms with van der Waals surface area (Å²) in [5.41, 5.74) is 2.00. The van der Waals surface area contributed by atoms with Gasteiger partial charge >= 0.3 is 6.36 Å². The van der Waals surface area contributed by atoms with Crippen molar-refractivity contribution >= 4 is 11.0 Å². The number of ether oxygens (including phenoxy) is 2. The van der Waals surface area contributed by atoms with Crippen molar-refractivity contribution in [1.82, 2.24) is 15.3 Å². The van der Waals surface area contributed by atoms with Gasteiger partial charge in [-0.1, -0.05) is 19.1 Å². The number of aromatic amines is 1. The molecule has 1 saturated heterocycles. The Morgan fingerprint density at radius 2 is 1.97 bits per heavy atom. The zero-order valence-corrected chi connectivity index (χ0v) is 16.0. The fourth-order valence-electron chi connectivity index (χ4n) is 3.66. The Bertz CT molecular complexity index is 994. The Morgan fingerprint density at radius 3 is 2.72 bits per heavy atom. The van der Waals surface area contributed by atoms with Crippen LogP contribution in [0.5, 0.6) is 11.5 Å². The van der Waals surface area contributed by atoms with Crippen molar-refractivity contribution < 1.29 is 22.6 Å². The van der Waals surface area contributed by atoms with Gasteiger partial charge in [0.1, 0.15) is 17.1 Å². The summed E-state index contributed by atoms with van der Waals surface area (Å²) in [7, 11) is 0. The summed E-state index contributed by atoms with van der Waals surface area (Å²) >= 11 is 0. The summed E-state index contributed by atoms with van der Waals surface area (Å²) in [5.74, 6) is 0.395. The molecule has 1 fully saturated rings. The van der Waals surface area contributed by atoms with Crippen LogP contribution in [0.3, 0.4) is 0 Å². The molecule has 0 unspecified atom stereocenters. The van der Waals surface area contributed by atoms with Gasteiger partial charge in [0.05, 0.1) is 12.0 Å². The molecule has 0 radical (unpaired) electrons. The molecule has 5 nitrogen and oxygen atoms in total. The molecule has 0 saturated carbocycles. The van der Waals surface area contributed by atoms with Crippen LogP contribution in [0.4, 0.5) is 13.2 Å². The van der Waals surface area contributed by atoms with Crippen LogP contribution in [0.2, 0.25) is 0 Å². The fraction of sp³-hybridized carbons (Fsp3) is 0.381. The van der Waals surface area contributed by atoms with Gasteiger partial charge in [-0.15, -0.1) is 13.2 Å². The predicted molar refractivity (Wildman–Crippen MR) is 104 cm³/mol. The van der Waals surface area contributed by atoms with Crippen LogP contribution in [-0.4, -0.2) is 36.0 Å². The highest BCUT2D eigenvalue weighted by molar-refractivity contribution is 5.98. The van der Waals surface area contributed by atoms with E-state index in [-0.39, 0.29) is 11.2 Å². The second-order valence-electron chi connectivity index (χ2n) is 7.66. The van der Waals surface area contributed by atoms with E-state index < -0.39 is 6.36 Å². The number of alkyl halides is 3. The van der Waals surface area contributed by atoms with Gasteiger partial charge in [-0.05, 0) is 49.7 Å². The third-order valence-electron chi connectivity index (χ3n) is 5.30. The SMILES string of the molecule is CC1(COc2ccnc3[nH]cc(-c4cccc(OC(F)(F)F)c4)c23)CCNCC1. The summed E-state index contributed by atoms with van der Waals surface area (Å²) in [6.07, 6.45) is 0.699. The molecule has 3 heterocycles. The molecule has 4 rings (SSSR count). The maximum absolute atomic E-state index is 12.6. The minimum absolute atomic E-state index is 0.0811. The number of hydrogen-bond donors (Lipinski definition) is 2. The molecule has 1 aromatic carbocycles. The summed E-state index contributed by atoms with van der Waals surface area (Å²) < 4.78 is 48.0. The molecule has 2 aromatic heterocycles. The van der Waals surface area contributed by atoms with Gasteiger partial charge in [0, 0.05) is 23.4 Å². The number of rotatable bonds is 5. The second kappa shape index (κ2) is 7.59. The van der Waals surface area contributed by atoms with Gasteiger partial charge in [0.15, 0.2) is 0 Å². The largest absolute Gasteiger partial charge is 0.573 e. The number of fused-ring (bicyclic) bond motifs is 1. The van der Waals surface area contributed by atoms with Crippen molar-refractivity contribution in [2.24, 2.45) is 5.41 Å². The molecule has 0 amide bonds. The third kappa shape index (κ3) is 4.48. The van der Waals surface area contributed by atoms with Crippen LogP contribution in [0.1, 0.15) is 19.8 Å². The lowest BCUT2D eigenvalue weighted by Crippen LogP contribution is -2.38. The predicted octanol–water partition coefficient (Wildman–Crippen LogP) is 4.90. The number of piperidine rings is 1. The first-order chi connectivity index (χ1) is 13.8. The number of pyridine rings is 1. The van der Waals surface area contributed by atoms with Crippen LogP contribution in [-0.2, 0) is 0 Å². The Balaban J connectivity index is 1.65. The fourth-order valence-corrected chi connectivity index (χ4v) is 3.66. The van der Waals surface area contributed by atoms with Gasteiger partial charge in [-0.3, -0.25) is 0 Å². The molecule has 29 heavy (non-hydrogen) atoms. The summed E-state index contributed by atoms with van der Waals surface area (Å²) in [6.45, 7) is 4.71. The van der Waals surface area contributed by atoms with E-state index >= 15 is 0 Å². The smallest absolute Gasteiger partial charge is 0.492 e. The van der Waals surface area contributed by atoms with Crippen LogP contribution in [0.15, 0.2) is 42.7 Å². The van der Waals surface area contributed by atoms with E-state index in [0.29, 0.717) is 29.1 Å². The topological polar surface area (TPSA) is 59.2 Å². The number of H-pyrrole nitrogens is 1. The minimum Gasteiger partial charge on any atom is -0.492 e. The van der Waals surface area contributed by atoms with E-state index in [1.807, 2.05) is 0 Å². The minimum atomic E-state index is -4.74. The highest BCUT2D eigenvalue weighted by Gasteiger charge is 2.31. The van der Waals surface area contributed by atoms with Crippen LogP contribution < -0.4 is 14.8 Å². The molecule has 0 bridgehead atoms. The molecule has 154 valence electrons. The molecule has 0 aliphatic carbocycles. The number of halogens is 3. The molecule has 2 N–H and O–H groups in total. The first-order valence-corrected chi connectivity index (χ1v) is 9.49. The van der Waals surface area contributed by atoms with E-state index in [1.165, 1.54) is 18.2 Å². The van der Waals surface area contributed by atoms with Crippen LogP contribution in [0, 0.1) is 5.41 Å². The quantitative estimate of drug-likeness (QED) is 0.634. The van der Waals surface area contributed by atoms with E-state index in [1.54, 1.807) is 24.5 Å². The van der Waals surface area contributed by atoms with Gasteiger partial charge in [0.2, 0.25) is 0 Å². The molecule has 8 heteroatoms. The standard InChI is InChI=1S/C21H22F3N3O2/c1-20(6-9-25-10-7-20)13-28-17-5-8-26-19-18(17)16(12-27-19)14-3-2-4-15(11-14)29-21(22,23)24/h2-5,8,11-12,25H,6-7,9-10,13H2,1H3,(H,26,27). The molecule has 1 aliphatic heterocycles. The maximum Gasteiger partial charge on any atom is 0.573 e. The van der Waals surface area contributed by atoms with Gasteiger partial charge < -0.3 is 19.8 Å². The van der Waals surface area contributed by atoms with Crippen molar-refractivity contribution in [2.45, 2.75) is 26.1 Å². The Morgan fingerprint density at radius 1 is 1.17 bits per heavy atom. The van der Waals surface area contributed by atoms with Crippen LogP contribution >= 0.6 is 0 Å². The van der Waals surface area contributed by atoms with Crippen molar-refractivity contribution in [2.75, 3.05) is 19.7 Å². The maximum atomic E-state index is 12.6. The molecular weight excluding hydrogens is 383 g/mol. The number of hydrogen-bond acceptors (Lipinski definition) is 4. The average Bonchev–Trinajstić information content (AvgIpc) is 3.11. The molecule has 1 aliphatic rings. The lowest BCUT2D eigenvalue weighted by molar-refractivity contribution is -0.274. The van der Waals surface area contributed by atoms with E-state index in [9.17, 15) is 13.2 Å². The zero-order valence-electron chi connectivity index (χ0n) is 16.0. The summed E-state index contributed by atoms with van der Waals surface area (Å²) in [4.78, 5) is 7.40. The monoisotopic (exact) mass is 405 g/mol. The molecule has 0 spiro atoms. The summed E-state index contributed by atoms with van der Waals surface area (Å²) in [5, 5.41) is 4.10. The first-order valence-electron chi connectivity index (χ1n) is 9.49. The van der Waals surface area contributed by atoms with Crippen molar-refractivity contribution in [3.63, 3.8) is 0 Å². The van der Waals surface area contributed by atoms with Crippen molar-refractivity contribution in [3.8, 4) is 22.6 Å². The second-order valence-corrected chi connectivity index (χ2v) is 7.66. The molecule has 3 aromatic rings. The lowest BCUT2D eigenvalue weighted by Gasteiger charge is -2.33. The Hall–Kier alpha value is -2.74. The van der Waals surface area contributed by atoms with Gasteiger partial charge in [-0.2, -0.15) is 0 Å². The van der Waals surface area contributed by atoms with E-state index in [0.717, 1.165) is 31.3 Å². The highest BCUT2D eigenvalue weighted by Crippen LogP contribution is 2.37. The van der Waals surface area contributed by atoms with Crippen molar-refractivity contribution in [3.05, 3.63) is 42.7 Å². The van der Waals surface area contributed by atoms with E-state index in [4.69, 9.17) is 4.74 Å². The van der Waals surface area contributed by atoms with E-state index in [2.05, 4.69) is 26.9 Å².